The number of likely N-dealkylation sites (tertiary alicyclic amines) is 1. The summed E-state index contributed by atoms with van der Waals surface area (Å²) in [7, 11) is 0. The van der Waals surface area contributed by atoms with E-state index in [1.54, 1.807) is 4.90 Å². The molecule has 0 saturated carbocycles. The first-order valence-corrected chi connectivity index (χ1v) is 9.47. The number of fused-ring (bicyclic) bond motifs is 3. The first kappa shape index (κ1) is 17.1. The van der Waals surface area contributed by atoms with E-state index in [-0.39, 0.29) is 30.6 Å². The number of benzene rings is 2. The highest BCUT2D eigenvalue weighted by molar-refractivity contribution is 5.79. The van der Waals surface area contributed by atoms with Gasteiger partial charge < -0.3 is 14.7 Å². The third kappa shape index (κ3) is 2.78. The van der Waals surface area contributed by atoms with Gasteiger partial charge in [-0.2, -0.15) is 0 Å². The highest BCUT2D eigenvalue weighted by atomic mass is 16.6. The fourth-order valence-electron chi connectivity index (χ4n) is 4.59. The van der Waals surface area contributed by atoms with E-state index in [2.05, 4.69) is 43.3 Å². The molecule has 4 nitrogen and oxygen atoms in total. The zero-order valence-corrected chi connectivity index (χ0v) is 15.1. The molecule has 0 aromatic heterocycles. The number of nitrogens with zero attached hydrogens (tertiary/aromatic N) is 1. The van der Waals surface area contributed by atoms with Gasteiger partial charge in [-0.05, 0) is 35.1 Å². The molecule has 2 atom stereocenters. The van der Waals surface area contributed by atoms with E-state index in [9.17, 15) is 9.90 Å². The highest BCUT2D eigenvalue weighted by Gasteiger charge is 2.37. The quantitative estimate of drug-likeness (QED) is 0.905. The molecule has 1 fully saturated rings. The molecule has 26 heavy (non-hydrogen) atoms. The number of amides is 1. The Morgan fingerprint density at radius 1 is 1.12 bits per heavy atom. The van der Waals surface area contributed by atoms with Crippen LogP contribution >= 0.6 is 0 Å². The molecule has 2 aliphatic rings. The molecular formula is C22H25NO3. The lowest BCUT2D eigenvalue weighted by Crippen LogP contribution is -2.39. The molecule has 1 aliphatic carbocycles. The standard InChI is InChI=1S/C22H25NO3/c1-2-21-15(13-24)11-12-23(21)22(25)26-14-20-18-9-5-3-7-16(18)17-8-4-6-10-19(17)20/h3-10,15,20-21,24H,2,11-14H2,1H3. The first-order chi connectivity index (χ1) is 12.7. The maximum Gasteiger partial charge on any atom is 0.410 e. The predicted octanol–water partition coefficient (Wildman–Crippen LogP) is 4.03. The van der Waals surface area contributed by atoms with Gasteiger partial charge in [-0.3, -0.25) is 0 Å². The SMILES string of the molecule is CCC1C(CO)CCN1C(=O)OCC1c2ccccc2-c2ccccc21. The first-order valence-electron chi connectivity index (χ1n) is 9.47. The molecule has 0 spiro atoms. The fraction of sp³-hybridized carbons (Fsp3) is 0.409. The molecule has 1 aliphatic heterocycles. The maximum absolute atomic E-state index is 12.7. The molecule has 2 aromatic rings. The van der Waals surface area contributed by atoms with Gasteiger partial charge in [-0.15, -0.1) is 0 Å². The minimum Gasteiger partial charge on any atom is -0.448 e. The van der Waals surface area contributed by atoms with E-state index in [1.807, 2.05) is 12.1 Å². The smallest absolute Gasteiger partial charge is 0.410 e. The van der Waals surface area contributed by atoms with Crippen molar-refractivity contribution in [2.75, 3.05) is 19.8 Å². The van der Waals surface area contributed by atoms with Crippen molar-refractivity contribution in [1.29, 1.82) is 0 Å². The van der Waals surface area contributed by atoms with E-state index in [0.717, 1.165) is 12.8 Å². The van der Waals surface area contributed by atoms with Crippen LogP contribution in [0.25, 0.3) is 11.1 Å². The summed E-state index contributed by atoms with van der Waals surface area (Å²) in [6.07, 6.45) is 1.43. The van der Waals surface area contributed by atoms with Crippen LogP contribution in [0.1, 0.15) is 36.8 Å². The zero-order valence-electron chi connectivity index (χ0n) is 15.1. The molecule has 1 saturated heterocycles. The molecule has 2 aromatic carbocycles. The van der Waals surface area contributed by atoms with Crippen LogP contribution in [0.15, 0.2) is 48.5 Å². The number of carbonyl (C=O) groups excluding carboxylic acids is 1. The normalized spacial score (nSPS) is 21.5. The van der Waals surface area contributed by atoms with Crippen molar-refractivity contribution < 1.29 is 14.6 Å². The van der Waals surface area contributed by atoms with E-state index in [4.69, 9.17) is 4.74 Å². The van der Waals surface area contributed by atoms with Crippen molar-refractivity contribution in [2.45, 2.75) is 31.7 Å². The van der Waals surface area contributed by atoms with E-state index in [1.165, 1.54) is 22.3 Å². The third-order valence-corrected chi connectivity index (χ3v) is 5.91. The van der Waals surface area contributed by atoms with E-state index in [0.29, 0.717) is 13.2 Å². The number of rotatable bonds is 4. The van der Waals surface area contributed by atoms with Gasteiger partial charge in [0.05, 0.1) is 0 Å². The molecule has 4 rings (SSSR count). The minimum absolute atomic E-state index is 0.0793. The van der Waals surface area contributed by atoms with Gasteiger partial charge in [0, 0.05) is 31.0 Å². The van der Waals surface area contributed by atoms with Crippen molar-refractivity contribution >= 4 is 6.09 Å². The Balaban J connectivity index is 1.51. The topological polar surface area (TPSA) is 49.8 Å². The Morgan fingerprint density at radius 3 is 2.31 bits per heavy atom. The molecule has 1 amide bonds. The summed E-state index contributed by atoms with van der Waals surface area (Å²) in [6.45, 7) is 3.21. The number of hydrogen-bond acceptors (Lipinski definition) is 3. The second-order valence-electron chi connectivity index (χ2n) is 7.20. The highest BCUT2D eigenvalue weighted by Crippen LogP contribution is 2.44. The van der Waals surface area contributed by atoms with Gasteiger partial charge in [0.2, 0.25) is 0 Å². The molecular weight excluding hydrogens is 326 g/mol. The average molecular weight is 351 g/mol. The van der Waals surface area contributed by atoms with Crippen LogP contribution in [0.4, 0.5) is 4.79 Å². The number of hydrogen-bond donors (Lipinski definition) is 1. The average Bonchev–Trinajstić information content (AvgIpc) is 3.25. The van der Waals surface area contributed by atoms with E-state index >= 15 is 0 Å². The fourth-order valence-corrected chi connectivity index (χ4v) is 4.59. The van der Waals surface area contributed by atoms with Crippen molar-refractivity contribution in [1.82, 2.24) is 4.90 Å². The van der Waals surface area contributed by atoms with Crippen LogP contribution in [0.2, 0.25) is 0 Å². The number of carbonyl (C=O) groups is 1. The van der Waals surface area contributed by atoms with Crippen LogP contribution in [-0.2, 0) is 4.74 Å². The Hall–Kier alpha value is -2.33. The Kier molecular flexibility index (Phi) is 4.68. The second-order valence-corrected chi connectivity index (χ2v) is 7.20. The zero-order chi connectivity index (χ0) is 18.1. The third-order valence-electron chi connectivity index (χ3n) is 5.91. The van der Waals surface area contributed by atoms with Crippen molar-refractivity contribution in [3.05, 3.63) is 59.7 Å². The molecule has 136 valence electrons. The van der Waals surface area contributed by atoms with Crippen LogP contribution in [0, 0.1) is 5.92 Å². The maximum atomic E-state index is 12.7. The molecule has 0 bridgehead atoms. The lowest BCUT2D eigenvalue weighted by atomic mass is 9.98. The summed E-state index contributed by atoms with van der Waals surface area (Å²) in [5.41, 5.74) is 4.92. The number of aliphatic hydroxyl groups excluding tert-OH is 1. The molecule has 0 radical (unpaired) electrons. The van der Waals surface area contributed by atoms with Gasteiger partial charge in [0.15, 0.2) is 0 Å². The molecule has 2 unspecified atom stereocenters. The van der Waals surface area contributed by atoms with Crippen LogP contribution in [0.3, 0.4) is 0 Å². The largest absolute Gasteiger partial charge is 0.448 e. The lowest BCUT2D eigenvalue weighted by Gasteiger charge is -2.26. The summed E-state index contributed by atoms with van der Waals surface area (Å²) >= 11 is 0. The molecule has 1 heterocycles. The van der Waals surface area contributed by atoms with E-state index < -0.39 is 0 Å². The van der Waals surface area contributed by atoms with Crippen LogP contribution < -0.4 is 0 Å². The molecule has 4 heteroatoms. The summed E-state index contributed by atoms with van der Waals surface area (Å²) in [5, 5.41) is 9.51. The number of aliphatic hydroxyl groups is 1. The van der Waals surface area contributed by atoms with Crippen molar-refractivity contribution in [3.63, 3.8) is 0 Å². The van der Waals surface area contributed by atoms with Crippen LogP contribution in [-0.4, -0.2) is 41.9 Å². The van der Waals surface area contributed by atoms with Gasteiger partial charge in [0.25, 0.3) is 0 Å². The summed E-state index contributed by atoms with van der Waals surface area (Å²) in [5.74, 6) is 0.253. The van der Waals surface area contributed by atoms with Gasteiger partial charge in [-0.1, -0.05) is 55.5 Å². The summed E-state index contributed by atoms with van der Waals surface area (Å²) in [4.78, 5) is 14.5. The molecule has 1 N–H and O–H groups in total. The Morgan fingerprint density at radius 2 is 1.73 bits per heavy atom. The van der Waals surface area contributed by atoms with Gasteiger partial charge >= 0.3 is 6.09 Å². The van der Waals surface area contributed by atoms with Crippen molar-refractivity contribution in [3.8, 4) is 11.1 Å². The summed E-state index contributed by atoms with van der Waals surface area (Å²) in [6, 6.07) is 16.8. The number of ether oxygens (including phenoxy) is 1. The minimum atomic E-state index is -0.255. The van der Waals surface area contributed by atoms with Gasteiger partial charge in [0.1, 0.15) is 6.61 Å². The van der Waals surface area contributed by atoms with Crippen LogP contribution in [0.5, 0.6) is 0 Å². The van der Waals surface area contributed by atoms with Crippen molar-refractivity contribution in [2.24, 2.45) is 5.92 Å². The predicted molar refractivity (Wildman–Crippen MR) is 101 cm³/mol. The summed E-state index contributed by atoms with van der Waals surface area (Å²) < 4.78 is 5.75. The van der Waals surface area contributed by atoms with Gasteiger partial charge in [-0.25, -0.2) is 4.79 Å². The second kappa shape index (κ2) is 7.12. The monoisotopic (exact) mass is 351 g/mol. The Labute approximate surface area is 154 Å². The Bertz CT molecular complexity index is 758. The lowest BCUT2D eigenvalue weighted by molar-refractivity contribution is 0.0861.